The van der Waals surface area contributed by atoms with Gasteiger partial charge in [-0.05, 0) is 38.7 Å². The van der Waals surface area contributed by atoms with E-state index in [4.69, 9.17) is 26.0 Å². The number of ether oxygens (including phenoxy) is 2. The fourth-order valence-corrected chi connectivity index (χ4v) is 6.06. The molecule has 0 radical (unpaired) electrons. The molecule has 3 aromatic rings. The Morgan fingerprint density at radius 3 is 2.81 bits per heavy atom. The first-order valence-corrected chi connectivity index (χ1v) is 14.8. The molecule has 1 aromatic carbocycles. The van der Waals surface area contributed by atoms with Crippen molar-refractivity contribution >= 4 is 28.2 Å². The minimum absolute atomic E-state index is 0.0589. The number of aryl methyl sites for hydroxylation is 1. The Bertz CT molecular complexity index is 1580. The molecule has 2 aliphatic heterocycles. The van der Waals surface area contributed by atoms with Crippen LogP contribution in [0.25, 0.3) is 15.6 Å². The minimum Gasteiger partial charge on any atom is -0.461 e. The molecule has 224 valence electrons. The van der Waals surface area contributed by atoms with Crippen LogP contribution in [0.1, 0.15) is 36.6 Å². The number of fused-ring (bicyclic) bond motifs is 2. The lowest BCUT2D eigenvalue weighted by molar-refractivity contribution is -0.131. The Morgan fingerprint density at radius 2 is 2.05 bits per heavy atom. The molecular weight excluding hydrogens is 549 g/mol. The highest BCUT2D eigenvalue weighted by molar-refractivity contribution is 5.96. The molecule has 1 saturated carbocycles. The van der Waals surface area contributed by atoms with Gasteiger partial charge in [-0.3, -0.25) is 9.78 Å². The van der Waals surface area contributed by atoms with Crippen LogP contribution >= 0.6 is 0 Å². The molecule has 0 unspecified atom stereocenters. The van der Waals surface area contributed by atoms with Crippen LogP contribution in [0.2, 0.25) is 0 Å². The predicted molar refractivity (Wildman–Crippen MR) is 162 cm³/mol. The first-order chi connectivity index (χ1) is 20.8. The molecule has 2 aromatic heterocycles. The number of hydrogen-bond acceptors (Lipinski definition) is 8. The molecule has 3 aliphatic rings. The SMILES string of the molecule is [C-]#[N+]C[C@H]1CN(c2nc(OC[C@@H](C)OC3CC3)nc3c2CCN(c2cncc4cccc(C)c24)C3)CCN1C(=O)C(=C)F. The van der Waals surface area contributed by atoms with Gasteiger partial charge in [0.1, 0.15) is 18.5 Å². The number of benzene rings is 1. The van der Waals surface area contributed by atoms with E-state index < -0.39 is 17.8 Å². The van der Waals surface area contributed by atoms with Gasteiger partial charge in [0, 0.05) is 48.7 Å². The number of anilines is 2. The number of hydrogen-bond donors (Lipinski definition) is 0. The summed E-state index contributed by atoms with van der Waals surface area (Å²) < 4.78 is 25.9. The van der Waals surface area contributed by atoms with Gasteiger partial charge in [0.2, 0.25) is 6.54 Å². The normalized spacial score (nSPS) is 19.1. The number of carbonyl (C=O) groups is 1. The van der Waals surface area contributed by atoms with E-state index in [1.54, 1.807) is 0 Å². The van der Waals surface area contributed by atoms with Crippen LogP contribution in [0.15, 0.2) is 43.0 Å². The molecule has 0 spiro atoms. The fraction of sp³-hybridized carbons (Fsp3) is 0.469. The van der Waals surface area contributed by atoms with Crippen molar-refractivity contribution < 1.29 is 18.7 Å². The number of nitrogens with zero attached hydrogens (tertiary/aromatic N) is 7. The summed E-state index contributed by atoms with van der Waals surface area (Å²) in [6, 6.07) is 6.02. The topological polar surface area (TPSA) is 88.3 Å². The van der Waals surface area contributed by atoms with E-state index >= 15 is 0 Å². The molecule has 0 bridgehead atoms. The zero-order chi connectivity index (χ0) is 30.1. The lowest BCUT2D eigenvalue weighted by Gasteiger charge is -2.41. The van der Waals surface area contributed by atoms with Crippen molar-refractivity contribution in [3.05, 3.63) is 71.2 Å². The number of amides is 1. The van der Waals surface area contributed by atoms with Crippen LogP contribution in [0.4, 0.5) is 15.9 Å². The van der Waals surface area contributed by atoms with Crippen LogP contribution in [-0.4, -0.2) is 83.3 Å². The Kier molecular flexibility index (Phi) is 8.13. The summed E-state index contributed by atoms with van der Waals surface area (Å²) in [7, 11) is 0. The molecule has 1 amide bonds. The molecule has 11 heteroatoms. The predicted octanol–water partition coefficient (Wildman–Crippen LogP) is 4.26. The number of halogens is 1. The lowest BCUT2D eigenvalue weighted by Crippen LogP contribution is -2.57. The Morgan fingerprint density at radius 1 is 1.21 bits per heavy atom. The van der Waals surface area contributed by atoms with E-state index in [1.807, 2.05) is 25.4 Å². The molecule has 43 heavy (non-hydrogen) atoms. The average molecular weight is 586 g/mol. The summed E-state index contributed by atoms with van der Waals surface area (Å²) in [6.07, 6.45) is 6.88. The highest BCUT2D eigenvalue weighted by Crippen LogP contribution is 2.35. The summed E-state index contributed by atoms with van der Waals surface area (Å²) in [5.41, 5.74) is 4.13. The Balaban J connectivity index is 1.32. The van der Waals surface area contributed by atoms with E-state index in [0.717, 1.165) is 47.5 Å². The largest absolute Gasteiger partial charge is 0.461 e. The van der Waals surface area contributed by atoms with Gasteiger partial charge in [0.15, 0.2) is 5.83 Å². The van der Waals surface area contributed by atoms with Gasteiger partial charge in [0.25, 0.3) is 5.91 Å². The number of piperazine rings is 1. The Hall–Kier alpha value is -4.30. The van der Waals surface area contributed by atoms with Crippen molar-refractivity contribution in [1.29, 1.82) is 0 Å². The highest BCUT2D eigenvalue weighted by atomic mass is 19.1. The van der Waals surface area contributed by atoms with Crippen molar-refractivity contribution in [2.45, 2.75) is 57.9 Å². The van der Waals surface area contributed by atoms with E-state index in [-0.39, 0.29) is 25.2 Å². The molecule has 0 N–H and O–H groups in total. The third kappa shape index (κ3) is 6.11. The van der Waals surface area contributed by atoms with Gasteiger partial charge in [-0.15, -0.1) is 0 Å². The third-order valence-corrected chi connectivity index (χ3v) is 8.31. The smallest absolute Gasteiger partial charge is 0.318 e. The number of pyridine rings is 1. The lowest BCUT2D eigenvalue weighted by atomic mass is 10.0. The molecule has 10 nitrogen and oxygen atoms in total. The number of carbonyl (C=O) groups excluding carboxylic acids is 1. The van der Waals surface area contributed by atoms with Crippen molar-refractivity contribution in [2.24, 2.45) is 0 Å². The molecule has 1 aliphatic carbocycles. The van der Waals surface area contributed by atoms with Crippen molar-refractivity contribution in [3.8, 4) is 6.01 Å². The molecule has 6 rings (SSSR count). The second kappa shape index (κ2) is 12.1. The average Bonchev–Trinajstić information content (AvgIpc) is 3.83. The summed E-state index contributed by atoms with van der Waals surface area (Å²) >= 11 is 0. The van der Waals surface area contributed by atoms with Gasteiger partial charge < -0.3 is 29.0 Å². The zero-order valence-electron chi connectivity index (χ0n) is 24.6. The molecule has 2 fully saturated rings. The van der Waals surface area contributed by atoms with Gasteiger partial charge in [-0.25, -0.2) is 11.0 Å². The van der Waals surface area contributed by atoms with Gasteiger partial charge >= 0.3 is 6.01 Å². The first-order valence-electron chi connectivity index (χ1n) is 14.8. The summed E-state index contributed by atoms with van der Waals surface area (Å²) in [5, 5.41) is 2.27. The van der Waals surface area contributed by atoms with Crippen LogP contribution in [0.3, 0.4) is 0 Å². The van der Waals surface area contributed by atoms with Crippen LogP contribution in [0.5, 0.6) is 6.01 Å². The standard InChI is InChI=1S/C32H36FN7O3/c1-20-6-5-7-23-14-35-16-28(29(20)23)38-11-10-26-27(18-38)36-32(42-19-21(2)43-25-8-9-25)37-30(26)39-12-13-40(31(41)22(3)33)24(17-39)15-34-4/h5-7,14,16,21,24-25H,3,8-13,15,17-19H2,1-2H3/t21-,24+/m1/s1. The summed E-state index contributed by atoms with van der Waals surface area (Å²) in [6.45, 7) is 17.4. The van der Waals surface area contributed by atoms with Gasteiger partial charge in [-0.1, -0.05) is 24.8 Å². The van der Waals surface area contributed by atoms with Crippen LogP contribution < -0.4 is 14.5 Å². The van der Waals surface area contributed by atoms with Crippen LogP contribution in [0, 0.1) is 13.5 Å². The third-order valence-electron chi connectivity index (χ3n) is 8.31. The van der Waals surface area contributed by atoms with Gasteiger partial charge in [-0.2, -0.15) is 9.97 Å². The molecule has 1 saturated heterocycles. The molecule has 2 atom stereocenters. The van der Waals surface area contributed by atoms with E-state index in [1.165, 1.54) is 15.8 Å². The maximum atomic E-state index is 13.8. The molecular formula is C32H36FN7O3. The zero-order valence-corrected chi connectivity index (χ0v) is 24.6. The van der Waals surface area contributed by atoms with Crippen molar-refractivity contribution in [3.63, 3.8) is 0 Å². The first kappa shape index (κ1) is 28.8. The highest BCUT2D eigenvalue weighted by Gasteiger charge is 2.36. The monoisotopic (exact) mass is 585 g/mol. The van der Waals surface area contributed by atoms with Crippen molar-refractivity contribution in [1.82, 2.24) is 19.9 Å². The van der Waals surface area contributed by atoms with Crippen molar-refractivity contribution in [2.75, 3.05) is 49.1 Å². The second-order valence-electron chi connectivity index (χ2n) is 11.6. The van der Waals surface area contributed by atoms with Gasteiger partial charge in [0.05, 0.1) is 36.3 Å². The summed E-state index contributed by atoms with van der Waals surface area (Å²) in [4.78, 5) is 36.1. The number of aromatic nitrogens is 3. The quantitative estimate of drug-likeness (QED) is 0.272. The van der Waals surface area contributed by atoms with E-state index in [9.17, 15) is 9.18 Å². The van der Waals surface area contributed by atoms with E-state index in [0.29, 0.717) is 38.8 Å². The van der Waals surface area contributed by atoms with E-state index in [2.05, 4.69) is 45.3 Å². The fourth-order valence-electron chi connectivity index (χ4n) is 6.06. The Labute approximate surface area is 250 Å². The second-order valence-corrected chi connectivity index (χ2v) is 11.6. The molecule has 4 heterocycles. The maximum absolute atomic E-state index is 13.8. The summed E-state index contributed by atoms with van der Waals surface area (Å²) in [5.74, 6) is -1.04. The number of rotatable bonds is 9. The maximum Gasteiger partial charge on any atom is 0.318 e. The van der Waals surface area contributed by atoms with Crippen LogP contribution in [-0.2, 0) is 22.5 Å². The minimum atomic E-state index is -1.01.